The lowest BCUT2D eigenvalue weighted by Crippen LogP contribution is -1.93. The molecule has 0 N–H and O–H groups in total. The molecule has 0 spiro atoms. The van der Waals surface area contributed by atoms with Crippen molar-refractivity contribution < 1.29 is 9.53 Å². The van der Waals surface area contributed by atoms with Crippen molar-refractivity contribution in [3.63, 3.8) is 0 Å². The maximum absolute atomic E-state index is 10.7. The standard InChI is InChI=1S/C9H5BrCl2O2/c10-7-3-1-2-6(5-13)9(7)14-8(12)4-11/h1-5H. The summed E-state index contributed by atoms with van der Waals surface area (Å²) in [5, 5.41) is 0.00154. The lowest BCUT2D eigenvalue weighted by Gasteiger charge is -2.07. The molecule has 0 aliphatic carbocycles. The summed E-state index contributed by atoms with van der Waals surface area (Å²) >= 11 is 14.1. The monoisotopic (exact) mass is 294 g/mol. The van der Waals surface area contributed by atoms with E-state index in [2.05, 4.69) is 15.9 Å². The van der Waals surface area contributed by atoms with Gasteiger partial charge in [0.05, 0.1) is 15.6 Å². The number of hydrogen-bond donors (Lipinski definition) is 0. The molecule has 0 saturated carbocycles. The van der Waals surface area contributed by atoms with Gasteiger partial charge in [0.15, 0.2) is 12.0 Å². The minimum Gasteiger partial charge on any atom is -0.442 e. The Morgan fingerprint density at radius 3 is 2.79 bits per heavy atom. The van der Waals surface area contributed by atoms with Crippen LogP contribution in [0.15, 0.2) is 33.4 Å². The minimum absolute atomic E-state index is 0.00154. The Kier molecular flexibility index (Phi) is 4.45. The van der Waals surface area contributed by atoms with Crippen LogP contribution in [0, 0.1) is 0 Å². The van der Waals surface area contributed by atoms with Crippen LogP contribution in [0.1, 0.15) is 10.4 Å². The Bertz CT molecular complexity index is 377. The van der Waals surface area contributed by atoms with Crippen molar-refractivity contribution in [2.24, 2.45) is 0 Å². The van der Waals surface area contributed by atoms with Gasteiger partial charge in [-0.3, -0.25) is 4.79 Å². The highest BCUT2D eigenvalue weighted by molar-refractivity contribution is 9.10. The fourth-order valence-electron chi connectivity index (χ4n) is 0.846. The predicted octanol–water partition coefficient (Wildman–Crippen LogP) is 3.92. The van der Waals surface area contributed by atoms with E-state index in [-0.39, 0.29) is 5.22 Å². The van der Waals surface area contributed by atoms with Gasteiger partial charge in [-0.1, -0.05) is 17.7 Å². The van der Waals surface area contributed by atoms with Gasteiger partial charge >= 0.3 is 0 Å². The number of carbonyl (C=O) groups excluding carboxylic acids is 1. The fraction of sp³-hybridized carbons (Fsp3) is 0. The fourth-order valence-corrected chi connectivity index (χ4v) is 1.43. The molecule has 2 nitrogen and oxygen atoms in total. The highest BCUT2D eigenvalue weighted by atomic mass is 79.9. The summed E-state index contributed by atoms with van der Waals surface area (Å²) in [6.07, 6.45) is 0.679. The second-order valence-corrected chi connectivity index (χ2v) is 3.74. The number of halogens is 3. The smallest absolute Gasteiger partial charge is 0.205 e. The molecule has 0 unspecified atom stereocenters. The highest BCUT2D eigenvalue weighted by Crippen LogP contribution is 2.30. The maximum atomic E-state index is 10.7. The van der Waals surface area contributed by atoms with E-state index in [1.54, 1.807) is 18.2 Å². The molecule has 0 aliphatic rings. The van der Waals surface area contributed by atoms with Crippen molar-refractivity contribution in [2.75, 3.05) is 0 Å². The molecule has 5 heteroatoms. The second-order valence-electron chi connectivity index (χ2n) is 2.29. The summed E-state index contributed by atoms with van der Waals surface area (Å²) in [7, 11) is 0. The van der Waals surface area contributed by atoms with Crippen LogP contribution >= 0.6 is 39.1 Å². The van der Waals surface area contributed by atoms with Gasteiger partial charge in [0.2, 0.25) is 5.22 Å². The van der Waals surface area contributed by atoms with Crippen LogP contribution in [0.4, 0.5) is 0 Å². The van der Waals surface area contributed by atoms with Gasteiger partial charge in [0.25, 0.3) is 0 Å². The summed E-state index contributed by atoms with van der Waals surface area (Å²) < 4.78 is 5.77. The number of ether oxygens (including phenoxy) is 1. The highest BCUT2D eigenvalue weighted by Gasteiger charge is 2.08. The largest absolute Gasteiger partial charge is 0.442 e. The molecular weight excluding hydrogens is 291 g/mol. The maximum Gasteiger partial charge on any atom is 0.205 e. The molecule has 14 heavy (non-hydrogen) atoms. The summed E-state index contributed by atoms with van der Waals surface area (Å²) in [6.45, 7) is 0. The van der Waals surface area contributed by atoms with Gasteiger partial charge in [0, 0.05) is 0 Å². The first-order chi connectivity index (χ1) is 6.69. The molecule has 0 atom stereocenters. The van der Waals surface area contributed by atoms with E-state index in [1.807, 2.05) is 0 Å². The Morgan fingerprint density at radius 1 is 1.50 bits per heavy atom. The second kappa shape index (κ2) is 5.39. The van der Waals surface area contributed by atoms with Gasteiger partial charge in [-0.2, -0.15) is 0 Å². The van der Waals surface area contributed by atoms with Crippen LogP contribution < -0.4 is 4.74 Å². The van der Waals surface area contributed by atoms with Crippen LogP contribution in [-0.4, -0.2) is 6.29 Å². The molecule has 0 heterocycles. The predicted molar refractivity (Wildman–Crippen MR) is 59.9 cm³/mol. The molecular formula is C9H5BrCl2O2. The number of aldehydes is 1. The Balaban J connectivity index is 3.11. The van der Waals surface area contributed by atoms with Gasteiger partial charge in [-0.05, 0) is 39.7 Å². The average molecular weight is 296 g/mol. The molecule has 0 amide bonds. The Labute approximate surface area is 99.6 Å². The van der Waals surface area contributed by atoms with Crippen molar-refractivity contribution in [3.8, 4) is 5.75 Å². The van der Waals surface area contributed by atoms with Crippen LogP contribution in [0.5, 0.6) is 5.75 Å². The number of carbonyl (C=O) groups is 1. The third kappa shape index (κ3) is 2.74. The van der Waals surface area contributed by atoms with Crippen LogP contribution in [0.3, 0.4) is 0 Å². The van der Waals surface area contributed by atoms with E-state index >= 15 is 0 Å². The van der Waals surface area contributed by atoms with E-state index in [4.69, 9.17) is 27.9 Å². The molecule has 1 rings (SSSR count). The number of rotatable bonds is 3. The number of benzene rings is 1. The normalized spacial score (nSPS) is 11.2. The van der Waals surface area contributed by atoms with Gasteiger partial charge in [0.1, 0.15) is 0 Å². The molecule has 0 saturated heterocycles. The van der Waals surface area contributed by atoms with Crippen molar-refractivity contribution in [1.82, 2.24) is 0 Å². The first-order valence-corrected chi connectivity index (χ1v) is 5.17. The molecule has 0 fully saturated rings. The third-order valence-corrected chi connectivity index (χ3v) is 2.53. The zero-order valence-corrected chi connectivity index (χ0v) is 9.93. The molecule has 0 bridgehead atoms. The van der Waals surface area contributed by atoms with E-state index in [1.165, 1.54) is 0 Å². The summed E-state index contributed by atoms with van der Waals surface area (Å²) in [4.78, 5) is 10.7. The quantitative estimate of drug-likeness (QED) is 0.624. The zero-order valence-electron chi connectivity index (χ0n) is 6.84. The number of hydrogen-bond acceptors (Lipinski definition) is 2. The van der Waals surface area contributed by atoms with Crippen LogP contribution in [0.25, 0.3) is 0 Å². The lowest BCUT2D eigenvalue weighted by atomic mass is 10.2. The zero-order chi connectivity index (χ0) is 10.6. The summed E-state index contributed by atoms with van der Waals surface area (Å²) in [5.74, 6) is 0.351. The van der Waals surface area contributed by atoms with Crippen LogP contribution in [0.2, 0.25) is 0 Å². The Hall–Kier alpha value is -0.510. The molecule has 74 valence electrons. The van der Waals surface area contributed by atoms with Crippen molar-refractivity contribution >= 4 is 45.4 Å². The third-order valence-electron chi connectivity index (χ3n) is 1.41. The Morgan fingerprint density at radius 2 is 2.21 bits per heavy atom. The van der Waals surface area contributed by atoms with Gasteiger partial charge < -0.3 is 4.74 Å². The topological polar surface area (TPSA) is 26.3 Å². The van der Waals surface area contributed by atoms with E-state index in [0.717, 1.165) is 5.54 Å². The molecule has 0 radical (unpaired) electrons. The van der Waals surface area contributed by atoms with E-state index in [0.29, 0.717) is 22.1 Å². The van der Waals surface area contributed by atoms with Crippen LogP contribution in [-0.2, 0) is 0 Å². The summed E-state index contributed by atoms with van der Waals surface area (Å²) in [5.41, 5.74) is 1.48. The van der Waals surface area contributed by atoms with E-state index in [9.17, 15) is 4.79 Å². The SMILES string of the molecule is O=Cc1cccc(Br)c1OC(Cl)=CCl. The number of para-hydroxylation sites is 1. The lowest BCUT2D eigenvalue weighted by molar-refractivity contribution is 0.112. The first-order valence-electron chi connectivity index (χ1n) is 3.56. The molecule has 1 aromatic carbocycles. The van der Waals surface area contributed by atoms with Crippen molar-refractivity contribution in [1.29, 1.82) is 0 Å². The molecule has 0 aromatic heterocycles. The molecule has 1 aromatic rings. The first kappa shape index (κ1) is 11.6. The summed E-state index contributed by atoms with van der Waals surface area (Å²) in [6, 6.07) is 5.07. The van der Waals surface area contributed by atoms with E-state index < -0.39 is 0 Å². The molecule has 0 aliphatic heterocycles. The van der Waals surface area contributed by atoms with Gasteiger partial charge in [-0.15, -0.1) is 0 Å². The van der Waals surface area contributed by atoms with Gasteiger partial charge in [-0.25, -0.2) is 0 Å². The van der Waals surface area contributed by atoms with Crippen molar-refractivity contribution in [2.45, 2.75) is 0 Å². The minimum atomic E-state index is 0.00154. The van der Waals surface area contributed by atoms with Crippen molar-refractivity contribution in [3.05, 3.63) is 39.0 Å². The average Bonchev–Trinajstić information content (AvgIpc) is 2.20.